The molecule has 0 radical (unpaired) electrons. The first-order valence-corrected chi connectivity index (χ1v) is 6.53. The number of halogens is 5. The van der Waals surface area contributed by atoms with E-state index >= 15 is 0 Å². The van der Waals surface area contributed by atoms with Crippen LogP contribution in [0.25, 0.3) is 16.7 Å². The molecular weight excluding hydrogens is 354 g/mol. The molecule has 0 aliphatic carbocycles. The third-order valence-corrected chi connectivity index (χ3v) is 3.63. The molecule has 21 heavy (non-hydrogen) atoms. The number of rotatable bonds is 1. The molecule has 0 fully saturated rings. The van der Waals surface area contributed by atoms with E-state index in [1.165, 1.54) is 22.9 Å². The summed E-state index contributed by atoms with van der Waals surface area (Å²) in [6, 6.07) is 5.85. The molecule has 108 valence electrons. The number of fused-ring (bicyclic) bond motifs is 1. The van der Waals surface area contributed by atoms with Crippen LogP contribution in [0.15, 0.2) is 41.1 Å². The molecular formula is C13H6BrF4N3. The minimum atomic E-state index is -4.43. The molecule has 0 N–H and O–H groups in total. The Hall–Kier alpha value is -1.96. The summed E-state index contributed by atoms with van der Waals surface area (Å²) in [7, 11) is 0. The average molecular weight is 360 g/mol. The Kier molecular flexibility index (Phi) is 3.20. The van der Waals surface area contributed by atoms with Crippen LogP contribution in [0.1, 0.15) is 5.56 Å². The summed E-state index contributed by atoms with van der Waals surface area (Å²) in [4.78, 5) is 3.85. The molecule has 0 amide bonds. The number of pyridine rings is 1. The molecule has 0 aliphatic rings. The predicted octanol–water partition coefficient (Wildman–Crippen LogP) is 4.34. The van der Waals surface area contributed by atoms with Crippen molar-refractivity contribution in [2.75, 3.05) is 0 Å². The predicted molar refractivity (Wildman–Crippen MR) is 71.5 cm³/mol. The maximum atomic E-state index is 12.9. The number of benzene rings is 1. The standard InChI is InChI=1S/C13H6BrF4N3/c14-12-9-3-1-7(13(16,17)18)5-10(9)20-21(12)11-4-2-8(15)6-19-11/h1-6H. The molecule has 1 aromatic carbocycles. The van der Waals surface area contributed by atoms with Gasteiger partial charge in [-0.2, -0.15) is 18.3 Å². The van der Waals surface area contributed by atoms with Crippen molar-refractivity contribution in [2.24, 2.45) is 0 Å². The van der Waals surface area contributed by atoms with E-state index in [1.54, 1.807) is 0 Å². The van der Waals surface area contributed by atoms with Crippen LogP contribution in [0.3, 0.4) is 0 Å². The molecule has 0 bridgehead atoms. The van der Waals surface area contributed by atoms with Crippen molar-refractivity contribution in [2.45, 2.75) is 6.18 Å². The Morgan fingerprint density at radius 1 is 1.10 bits per heavy atom. The first-order chi connectivity index (χ1) is 9.86. The van der Waals surface area contributed by atoms with Crippen LogP contribution in [0.2, 0.25) is 0 Å². The zero-order chi connectivity index (χ0) is 15.2. The lowest BCUT2D eigenvalue weighted by molar-refractivity contribution is -0.137. The molecule has 2 aromatic heterocycles. The summed E-state index contributed by atoms with van der Waals surface area (Å²) >= 11 is 3.27. The zero-order valence-corrected chi connectivity index (χ0v) is 11.8. The molecule has 0 atom stereocenters. The third kappa shape index (κ3) is 2.51. The van der Waals surface area contributed by atoms with Crippen molar-refractivity contribution in [3.63, 3.8) is 0 Å². The second-order valence-corrected chi connectivity index (χ2v) is 5.02. The van der Waals surface area contributed by atoms with Crippen molar-refractivity contribution in [1.29, 1.82) is 0 Å². The van der Waals surface area contributed by atoms with Crippen LogP contribution >= 0.6 is 15.9 Å². The Balaban J connectivity index is 2.17. The fraction of sp³-hybridized carbons (Fsp3) is 0.0769. The second-order valence-electron chi connectivity index (χ2n) is 4.27. The van der Waals surface area contributed by atoms with Crippen LogP contribution in [0, 0.1) is 5.82 Å². The van der Waals surface area contributed by atoms with Crippen molar-refractivity contribution in [1.82, 2.24) is 14.8 Å². The van der Waals surface area contributed by atoms with Gasteiger partial charge in [0.25, 0.3) is 0 Å². The molecule has 3 aromatic rings. The second kappa shape index (κ2) is 4.80. The zero-order valence-electron chi connectivity index (χ0n) is 10.2. The third-order valence-electron chi connectivity index (χ3n) is 2.87. The van der Waals surface area contributed by atoms with Gasteiger partial charge < -0.3 is 0 Å². The van der Waals surface area contributed by atoms with Gasteiger partial charge in [0.05, 0.1) is 17.3 Å². The monoisotopic (exact) mass is 359 g/mol. The summed E-state index contributed by atoms with van der Waals surface area (Å²) in [6.07, 6.45) is -3.42. The number of alkyl halides is 3. The van der Waals surface area contributed by atoms with Crippen LogP contribution in [0.4, 0.5) is 17.6 Å². The van der Waals surface area contributed by atoms with Gasteiger partial charge in [-0.05, 0) is 46.3 Å². The van der Waals surface area contributed by atoms with E-state index in [9.17, 15) is 17.6 Å². The molecule has 2 heterocycles. The molecule has 0 unspecified atom stereocenters. The topological polar surface area (TPSA) is 30.7 Å². The fourth-order valence-electron chi connectivity index (χ4n) is 1.88. The highest BCUT2D eigenvalue weighted by Crippen LogP contribution is 2.33. The van der Waals surface area contributed by atoms with E-state index in [0.29, 0.717) is 15.8 Å². The largest absolute Gasteiger partial charge is 0.416 e. The Morgan fingerprint density at radius 3 is 2.48 bits per heavy atom. The Morgan fingerprint density at radius 2 is 1.86 bits per heavy atom. The van der Waals surface area contributed by atoms with Gasteiger partial charge in [-0.25, -0.2) is 14.1 Å². The Labute approximate surface area is 124 Å². The SMILES string of the molecule is Fc1ccc(-n2nc3cc(C(F)(F)F)ccc3c2Br)nc1. The van der Waals surface area contributed by atoms with E-state index in [1.807, 2.05) is 0 Å². The smallest absolute Gasteiger partial charge is 0.234 e. The van der Waals surface area contributed by atoms with Gasteiger partial charge in [0.1, 0.15) is 10.4 Å². The lowest BCUT2D eigenvalue weighted by Crippen LogP contribution is -2.04. The van der Waals surface area contributed by atoms with Crippen LogP contribution < -0.4 is 0 Å². The number of hydrogen-bond acceptors (Lipinski definition) is 2. The number of aromatic nitrogens is 3. The molecule has 0 spiro atoms. The van der Waals surface area contributed by atoms with Crippen LogP contribution in [-0.4, -0.2) is 14.8 Å². The number of nitrogens with zero attached hydrogens (tertiary/aromatic N) is 3. The normalized spacial score (nSPS) is 12.0. The van der Waals surface area contributed by atoms with Gasteiger partial charge in [-0.15, -0.1) is 0 Å². The van der Waals surface area contributed by atoms with Gasteiger partial charge in [0.2, 0.25) is 0 Å². The summed E-state index contributed by atoms with van der Waals surface area (Å²) in [6.45, 7) is 0. The molecule has 0 aliphatic heterocycles. The quantitative estimate of drug-likeness (QED) is 0.605. The maximum absolute atomic E-state index is 12.9. The highest BCUT2D eigenvalue weighted by molar-refractivity contribution is 9.10. The average Bonchev–Trinajstić information content (AvgIpc) is 2.76. The van der Waals surface area contributed by atoms with Gasteiger partial charge in [-0.3, -0.25) is 0 Å². The summed E-state index contributed by atoms with van der Waals surface area (Å²) in [5.74, 6) is -0.209. The van der Waals surface area contributed by atoms with Gasteiger partial charge in [0.15, 0.2) is 5.82 Å². The highest BCUT2D eigenvalue weighted by Gasteiger charge is 2.31. The summed E-state index contributed by atoms with van der Waals surface area (Å²) in [5.41, 5.74) is -0.609. The van der Waals surface area contributed by atoms with Crippen molar-refractivity contribution >= 4 is 26.8 Å². The van der Waals surface area contributed by atoms with E-state index in [2.05, 4.69) is 26.0 Å². The molecule has 0 saturated carbocycles. The van der Waals surface area contributed by atoms with E-state index < -0.39 is 17.6 Å². The fourth-order valence-corrected chi connectivity index (χ4v) is 2.47. The lowest BCUT2D eigenvalue weighted by atomic mass is 10.1. The lowest BCUT2D eigenvalue weighted by Gasteiger charge is -2.05. The van der Waals surface area contributed by atoms with Gasteiger partial charge >= 0.3 is 6.18 Å². The molecule has 0 saturated heterocycles. The van der Waals surface area contributed by atoms with Crippen LogP contribution in [-0.2, 0) is 6.18 Å². The highest BCUT2D eigenvalue weighted by atomic mass is 79.9. The molecule has 3 rings (SSSR count). The Bertz CT molecular complexity index is 809. The first kappa shape index (κ1) is 14.0. The first-order valence-electron chi connectivity index (χ1n) is 5.73. The van der Waals surface area contributed by atoms with E-state index in [0.717, 1.165) is 18.3 Å². The summed E-state index contributed by atoms with van der Waals surface area (Å²) < 4.78 is 52.7. The number of hydrogen-bond donors (Lipinski definition) is 0. The van der Waals surface area contributed by atoms with Crippen molar-refractivity contribution in [3.8, 4) is 5.82 Å². The minimum absolute atomic E-state index is 0.169. The van der Waals surface area contributed by atoms with E-state index in [-0.39, 0.29) is 5.52 Å². The maximum Gasteiger partial charge on any atom is 0.416 e. The molecule has 3 nitrogen and oxygen atoms in total. The van der Waals surface area contributed by atoms with Gasteiger partial charge in [0, 0.05) is 5.39 Å². The van der Waals surface area contributed by atoms with Crippen molar-refractivity contribution < 1.29 is 17.6 Å². The minimum Gasteiger partial charge on any atom is -0.234 e. The van der Waals surface area contributed by atoms with Crippen molar-refractivity contribution in [3.05, 3.63) is 52.5 Å². The summed E-state index contributed by atoms with van der Waals surface area (Å²) in [5, 5.41) is 4.58. The van der Waals surface area contributed by atoms with E-state index in [4.69, 9.17) is 0 Å². The van der Waals surface area contributed by atoms with Crippen LogP contribution in [0.5, 0.6) is 0 Å². The van der Waals surface area contributed by atoms with Gasteiger partial charge in [-0.1, -0.05) is 0 Å². The molecule has 8 heteroatoms.